The summed E-state index contributed by atoms with van der Waals surface area (Å²) >= 11 is 0. The third-order valence-electron chi connectivity index (χ3n) is 3.57. The molecule has 0 N–H and O–H groups in total. The number of ether oxygens (including phenoxy) is 1. The molecule has 0 radical (unpaired) electrons. The van der Waals surface area contributed by atoms with Crippen LogP contribution in [-0.4, -0.2) is 32.2 Å². The fraction of sp³-hybridized carbons (Fsp3) is 0.571. The summed E-state index contributed by atoms with van der Waals surface area (Å²) in [7, 11) is 3.97. The van der Waals surface area contributed by atoms with Crippen molar-refractivity contribution in [3.8, 4) is 0 Å². The van der Waals surface area contributed by atoms with Gasteiger partial charge in [0, 0.05) is 13.7 Å². The van der Waals surface area contributed by atoms with Crippen molar-refractivity contribution < 1.29 is 4.74 Å². The van der Waals surface area contributed by atoms with E-state index in [1.807, 2.05) is 0 Å². The minimum Gasteiger partial charge on any atom is -0.383 e. The number of nitrogens with zero attached hydrogens (tertiary/aromatic N) is 1. The van der Waals surface area contributed by atoms with Crippen molar-refractivity contribution in [2.45, 2.75) is 25.8 Å². The quantitative estimate of drug-likeness (QED) is 0.774. The van der Waals surface area contributed by atoms with Gasteiger partial charge in [-0.25, -0.2) is 0 Å². The van der Waals surface area contributed by atoms with E-state index in [1.165, 1.54) is 16.7 Å². The molecule has 2 rings (SSSR count). The Kier molecular flexibility index (Phi) is 3.62. The first kappa shape index (κ1) is 11.6. The van der Waals surface area contributed by atoms with Crippen molar-refractivity contribution in [3.05, 3.63) is 34.9 Å². The fourth-order valence-electron chi connectivity index (χ4n) is 2.47. The lowest BCUT2D eigenvalue weighted by atomic mass is 9.91. The van der Waals surface area contributed by atoms with E-state index in [4.69, 9.17) is 4.74 Å². The SMILES string of the molecule is CCc1ccc2c(c1)C(COC)N(C)CC2. The molecule has 1 aliphatic heterocycles. The van der Waals surface area contributed by atoms with Gasteiger partial charge >= 0.3 is 0 Å². The van der Waals surface area contributed by atoms with Crippen LogP contribution in [0.25, 0.3) is 0 Å². The Labute approximate surface area is 98.2 Å². The molecule has 1 heterocycles. The van der Waals surface area contributed by atoms with Gasteiger partial charge < -0.3 is 4.74 Å². The van der Waals surface area contributed by atoms with E-state index in [0.29, 0.717) is 6.04 Å². The zero-order valence-electron chi connectivity index (χ0n) is 10.5. The summed E-state index contributed by atoms with van der Waals surface area (Å²) in [6.07, 6.45) is 2.27. The molecule has 88 valence electrons. The molecular formula is C14H21NO. The Bertz CT molecular complexity index is 362. The lowest BCUT2D eigenvalue weighted by Crippen LogP contribution is -2.34. The smallest absolute Gasteiger partial charge is 0.0659 e. The number of fused-ring (bicyclic) bond motifs is 1. The number of benzene rings is 1. The molecular weight excluding hydrogens is 198 g/mol. The number of aryl methyl sites for hydroxylation is 1. The number of likely N-dealkylation sites (N-methyl/N-ethyl adjacent to an activating group) is 1. The van der Waals surface area contributed by atoms with Gasteiger partial charge in [-0.3, -0.25) is 4.90 Å². The molecule has 2 nitrogen and oxygen atoms in total. The number of hydrogen-bond donors (Lipinski definition) is 0. The van der Waals surface area contributed by atoms with E-state index >= 15 is 0 Å². The van der Waals surface area contributed by atoms with Crippen molar-refractivity contribution in [1.29, 1.82) is 0 Å². The van der Waals surface area contributed by atoms with E-state index in [2.05, 4.69) is 37.1 Å². The van der Waals surface area contributed by atoms with Gasteiger partial charge in [-0.05, 0) is 36.6 Å². The first-order valence-corrected chi connectivity index (χ1v) is 6.07. The average molecular weight is 219 g/mol. The second kappa shape index (κ2) is 4.98. The van der Waals surface area contributed by atoms with Crippen molar-refractivity contribution in [3.63, 3.8) is 0 Å². The maximum Gasteiger partial charge on any atom is 0.0659 e. The number of hydrogen-bond acceptors (Lipinski definition) is 2. The Morgan fingerprint density at radius 1 is 1.44 bits per heavy atom. The van der Waals surface area contributed by atoms with Crippen LogP contribution in [0.1, 0.15) is 29.7 Å². The predicted molar refractivity (Wildman–Crippen MR) is 66.8 cm³/mol. The predicted octanol–water partition coefficient (Wildman–Crippen LogP) is 2.42. The second-order valence-electron chi connectivity index (χ2n) is 4.59. The van der Waals surface area contributed by atoms with Gasteiger partial charge in [0.1, 0.15) is 0 Å². The van der Waals surface area contributed by atoms with Crippen LogP contribution in [0.5, 0.6) is 0 Å². The molecule has 1 unspecified atom stereocenters. The molecule has 1 aromatic carbocycles. The van der Waals surface area contributed by atoms with Gasteiger partial charge in [-0.1, -0.05) is 25.1 Å². The molecule has 1 aromatic rings. The van der Waals surface area contributed by atoms with E-state index in [0.717, 1.165) is 26.0 Å². The van der Waals surface area contributed by atoms with Crippen LogP contribution >= 0.6 is 0 Å². The molecule has 0 fully saturated rings. The van der Waals surface area contributed by atoms with Crippen LogP contribution in [0.4, 0.5) is 0 Å². The van der Waals surface area contributed by atoms with E-state index in [-0.39, 0.29) is 0 Å². The highest BCUT2D eigenvalue weighted by Gasteiger charge is 2.24. The van der Waals surface area contributed by atoms with Crippen molar-refractivity contribution in [2.24, 2.45) is 0 Å². The average Bonchev–Trinajstić information content (AvgIpc) is 2.32. The molecule has 0 spiro atoms. The zero-order valence-corrected chi connectivity index (χ0v) is 10.5. The van der Waals surface area contributed by atoms with Crippen molar-refractivity contribution in [1.82, 2.24) is 4.90 Å². The normalized spacial score (nSPS) is 20.8. The summed E-state index contributed by atoms with van der Waals surface area (Å²) in [5.41, 5.74) is 4.39. The van der Waals surface area contributed by atoms with Gasteiger partial charge in [0.25, 0.3) is 0 Å². The zero-order chi connectivity index (χ0) is 11.5. The molecule has 0 aromatic heterocycles. The van der Waals surface area contributed by atoms with Crippen LogP contribution in [0, 0.1) is 0 Å². The summed E-state index contributed by atoms with van der Waals surface area (Å²) in [5.74, 6) is 0. The summed E-state index contributed by atoms with van der Waals surface area (Å²) in [6.45, 7) is 4.13. The topological polar surface area (TPSA) is 12.5 Å². The third-order valence-corrected chi connectivity index (χ3v) is 3.57. The highest BCUT2D eigenvalue weighted by atomic mass is 16.5. The summed E-state index contributed by atoms with van der Waals surface area (Å²) in [4.78, 5) is 2.39. The highest BCUT2D eigenvalue weighted by molar-refractivity contribution is 5.36. The fourth-order valence-corrected chi connectivity index (χ4v) is 2.47. The van der Waals surface area contributed by atoms with Crippen molar-refractivity contribution in [2.75, 3.05) is 27.3 Å². The molecule has 1 atom stereocenters. The first-order chi connectivity index (χ1) is 7.76. The monoisotopic (exact) mass is 219 g/mol. The maximum absolute atomic E-state index is 5.34. The Balaban J connectivity index is 2.35. The minimum absolute atomic E-state index is 0.431. The molecule has 0 bridgehead atoms. The largest absolute Gasteiger partial charge is 0.383 e. The van der Waals surface area contributed by atoms with E-state index in [9.17, 15) is 0 Å². The van der Waals surface area contributed by atoms with Crippen LogP contribution in [-0.2, 0) is 17.6 Å². The minimum atomic E-state index is 0.431. The van der Waals surface area contributed by atoms with Gasteiger partial charge in [-0.15, -0.1) is 0 Å². The van der Waals surface area contributed by atoms with Gasteiger partial charge in [0.2, 0.25) is 0 Å². The number of rotatable bonds is 3. The van der Waals surface area contributed by atoms with Gasteiger partial charge in [0.05, 0.1) is 12.6 Å². The summed E-state index contributed by atoms with van der Waals surface area (Å²) < 4.78 is 5.34. The molecule has 1 aliphatic rings. The molecule has 0 amide bonds. The van der Waals surface area contributed by atoms with E-state index in [1.54, 1.807) is 7.11 Å². The Hall–Kier alpha value is -0.860. The third kappa shape index (κ3) is 2.13. The lowest BCUT2D eigenvalue weighted by molar-refractivity contribution is 0.100. The van der Waals surface area contributed by atoms with Crippen LogP contribution < -0.4 is 0 Å². The molecule has 0 saturated carbocycles. The summed E-state index contributed by atoms with van der Waals surface area (Å²) in [6, 6.07) is 7.34. The highest BCUT2D eigenvalue weighted by Crippen LogP contribution is 2.29. The second-order valence-corrected chi connectivity index (χ2v) is 4.59. The van der Waals surface area contributed by atoms with Gasteiger partial charge in [0.15, 0.2) is 0 Å². The Morgan fingerprint density at radius 3 is 2.94 bits per heavy atom. The maximum atomic E-state index is 5.34. The molecule has 0 aliphatic carbocycles. The number of methoxy groups -OCH3 is 1. The lowest BCUT2D eigenvalue weighted by Gasteiger charge is -2.34. The first-order valence-electron chi connectivity index (χ1n) is 6.07. The van der Waals surface area contributed by atoms with Crippen molar-refractivity contribution >= 4 is 0 Å². The molecule has 16 heavy (non-hydrogen) atoms. The van der Waals surface area contributed by atoms with Gasteiger partial charge in [-0.2, -0.15) is 0 Å². The van der Waals surface area contributed by atoms with Crippen LogP contribution in [0.2, 0.25) is 0 Å². The van der Waals surface area contributed by atoms with E-state index < -0.39 is 0 Å². The summed E-state index contributed by atoms with van der Waals surface area (Å²) in [5, 5.41) is 0. The molecule has 2 heteroatoms. The van der Waals surface area contributed by atoms with Crippen LogP contribution in [0.3, 0.4) is 0 Å². The molecule has 0 saturated heterocycles. The van der Waals surface area contributed by atoms with Crippen LogP contribution in [0.15, 0.2) is 18.2 Å². The standard InChI is InChI=1S/C14H21NO/c1-4-11-5-6-12-7-8-15(2)14(10-16-3)13(12)9-11/h5-6,9,14H,4,7-8,10H2,1-3H3. The Morgan fingerprint density at radius 2 is 2.25 bits per heavy atom.